The minimum Gasteiger partial charge on any atom is -0.493 e. The molecule has 0 heterocycles. The monoisotopic (exact) mass is 275 g/mol. The lowest BCUT2D eigenvalue weighted by Gasteiger charge is -2.09. The average Bonchev–Trinajstić information content (AvgIpc) is 2.49. The van der Waals surface area contributed by atoms with Crippen molar-refractivity contribution in [2.24, 2.45) is 5.73 Å². The molecule has 0 aromatic heterocycles. The molecule has 0 aliphatic heterocycles. The van der Waals surface area contributed by atoms with Gasteiger partial charge in [-0.1, -0.05) is 24.3 Å². The van der Waals surface area contributed by atoms with Gasteiger partial charge in [-0.2, -0.15) is 0 Å². The maximum atomic E-state index is 13.3. The smallest absolute Gasteiger partial charge is 0.165 e. The van der Waals surface area contributed by atoms with E-state index in [1.165, 1.54) is 6.07 Å². The summed E-state index contributed by atoms with van der Waals surface area (Å²) in [5.41, 5.74) is 6.60. The second kappa shape index (κ2) is 7.50. The van der Waals surface area contributed by atoms with E-state index in [9.17, 15) is 4.39 Å². The lowest BCUT2D eigenvalue weighted by atomic mass is 10.2. The van der Waals surface area contributed by atoms with Gasteiger partial charge in [0.1, 0.15) is 5.75 Å². The molecule has 2 N–H and O–H groups in total. The van der Waals surface area contributed by atoms with Crippen LogP contribution in [0.15, 0.2) is 48.5 Å². The molecule has 20 heavy (non-hydrogen) atoms. The summed E-state index contributed by atoms with van der Waals surface area (Å²) < 4.78 is 24.2. The molecule has 0 amide bonds. The maximum absolute atomic E-state index is 13.3. The average molecular weight is 275 g/mol. The van der Waals surface area contributed by atoms with Crippen molar-refractivity contribution in [2.45, 2.75) is 13.0 Å². The maximum Gasteiger partial charge on any atom is 0.165 e. The van der Waals surface area contributed by atoms with E-state index in [1.807, 2.05) is 24.3 Å². The Morgan fingerprint density at radius 3 is 2.55 bits per heavy atom. The Morgan fingerprint density at radius 1 is 0.950 bits per heavy atom. The summed E-state index contributed by atoms with van der Waals surface area (Å²) in [5, 5.41) is 0. The van der Waals surface area contributed by atoms with Gasteiger partial charge in [-0.25, -0.2) is 4.39 Å². The fourth-order valence-corrected chi connectivity index (χ4v) is 1.76. The quantitative estimate of drug-likeness (QED) is 0.790. The fraction of sp³-hybridized carbons (Fsp3) is 0.250. The molecule has 0 unspecified atom stereocenters. The molecule has 0 saturated heterocycles. The van der Waals surface area contributed by atoms with E-state index in [1.54, 1.807) is 18.2 Å². The van der Waals surface area contributed by atoms with Crippen LogP contribution in [0.3, 0.4) is 0 Å². The van der Waals surface area contributed by atoms with Crippen LogP contribution in [-0.2, 0) is 6.54 Å². The van der Waals surface area contributed by atoms with E-state index in [-0.39, 0.29) is 11.6 Å². The highest BCUT2D eigenvalue weighted by atomic mass is 19.1. The number of hydrogen-bond donors (Lipinski definition) is 1. The van der Waals surface area contributed by atoms with E-state index in [2.05, 4.69) is 0 Å². The first-order valence-corrected chi connectivity index (χ1v) is 6.59. The van der Waals surface area contributed by atoms with E-state index < -0.39 is 0 Å². The van der Waals surface area contributed by atoms with E-state index >= 15 is 0 Å². The molecular formula is C16H18FNO2. The number of hydrogen-bond acceptors (Lipinski definition) is 3. The second-order valence-electron chi connectivity index (χ2n) is 4.33. The van der Waals surface area contributed by atoms with Crippen molar-refractivity contribution >= 4 is 0 Å². The number of para-hydroxylation sites is 1. The van der Waals surface area contributed by atoms with Crippen molar-refractivity contribution in [2.75, 3.05) is 13.2 Å². The molecule has 106 valence electrons. The number of ether oxygens (including phenoxy) is 2. The fourth-order valence-electron chi connectivity index (χ4n) is 1.76. The van der Waals surface area contributed by atoms with Crippen LogP contribution in [0, 0.1) is 5.82 Å². The lowest BCUT2D eigenvalue weighted by molar-refractivity contribution is 0.241. The van der Waals surface area contributed by atoms with Crippen LogP contribution in [0.25, 0.3) is 0 Å². The minimum atomic E-state index is -0.343. The molecule has 0 aliphatic rings. The van der Waals surface area contributed by atoms with Gasteiger partial charge in [-0.15, -0.1) is 0 Å². The van der Waals surface area contributed by atoms with Gasteiger partial charge < -0.3 is 15.2 Å². The topological polar surface area (TPSA) is 44.5 Å². The first kappa shape index (κ1) is 14.3. The Bertz CT molecular complexity index is 546. The van der Waals surface area contributed by atoms with Crippen LogP contribution >= 0.6 is 0 Å². The Labute approximate surface area is 118 Å². The molecule has 0 fully saturated rings. The summed E-state index contributed by atoms with van der Waals surface area (Å²) in [5.74, 6) is 0.723. The number of benzene rings is 2. The molecule has 0 spiro atoms. The van der Waals surface area contributed by atoms with Gasteiger partial charge in [0.15, 0.2) is 11.6 Å². The van der Waals surface area contributed by atoms with Crippen LogP contribution < -0.4 is 15.2 Å². The highest BCUT2D eigenvalue weighted by Crippen LogP contribution is 2.16. The third-order valence-corrected chi connectivity index (χ3v) is 2.79. The van der Waals surface area contributed by atoms with Gasteiger partial charge in [0, 0.05) is 13.0 Å². The van der Waals surface area contributed by atoms with Crippen molar-refractivity contribution in [1.82, 2.24) is 0 Å². The van der Waals surface area contributed by atoms with E-state index in [0.717, 1.165) is 11.3 Å². The van der Waals surface area contributed by atoms with Gasteiger partial charge in [-0.3, -0.25) is 0 Å². The second-order valence-corrected chi connectivity index (χ2v) is 4.33. The molecule has 0 radical (unpaired) electrons. The Morgan fingerprint density at radius 2 is 1.75 bits per heavy atom. The summed E-state index contributed by atoms with van der Waals surface area (Å²) in [6.07, 6.45) is 0.682. The first-order valence-electron chi connectivity index (χ1n) is 6.59. The third-order valence-electron chi connectivity index (χ3n) is 2.79. The summed E-state index contributed by atoms with van der Waals surface area (Å²) in [6.45, 7) is 1.42. The van der Waals surface area contributed by atoms with Gasteiger partial charge in [0.05, 0.1) is 13.2 Å². The van der Waals surface area contributed by atoms with Gasteiger partial charge in [-0.05, 0) is 29.8 Å². The predicted octanol–water partition coefficient (Wildman–Crippen LogP) is 3.13. The predicted molar refractivity (Wildman–Crippen MR) is 76.3 cm³/mol. The molecule has 0 bridgehead atoms. The van der Waals surface area contributed by atoms with Crippen LogP contribution in [0.4, 0.5) is 4.39 Å². The highest BCUT2D eigenvalue weighted by molar-refractivity contribution is 5.28. The SMILES string of the molecule is NCc1cccc(OCCCOc2ccccc2F)c1. The normalized spacial score (nSPS) is 10.3. The van der Waals surface area contributed by atoms with Crippen molar-refractivity contribution in [3.05, 3.63) is 59.9 Å². The van der Waals surface area contributed by atoms with Crippen molar-refractivity contribution in [3.8, 4) is 11.5 Å². The molecule has 0 saturated carbocycles. The summed E-state index contributed by atoms with van der Waals surface area (Å²) >= 11 is 0. The van der Waals surface area contributed by atoms with Crippen molar-refractivity contribution < 1.29 is 13.9 Å². The zero-order valence-corrected chi connectivity index (χ0v) is 11.2. The molecule has 0 aliphatic carbocycles. The van der Waals surface area contributed by atoms with Crippen molar-refractivity contribution in [3.63, 3.8) is 0 Å². The Kier molecular flexibility index (Phi) is 5.38. The zero-order chi connectivity index (χ0) is 14.2. The van der Waals surface area contributed by atoms with Crippen molar-refractivity contribution in [1.29, 1.82) is 0 Å². The zero-order valence-electron chi connectivity index (χ0n) is 11.2. The molecule has 4 heteroatoms. The lowest BCUT2D eigenvalue weighted by Crippen LogP contribution is -2.06. The molecule has 2 rings (SSSR count). The largest absolute Gasteiger partial charge is 0.493 e. The number of rotatable bonds is 7. The standard InChI is InChI=1S/C16H18FNO2/c17-15-7-1-2-8-16(15)20-10-4-9-19-14-6-3-5-13(11-14)12-18/h1-3,5-8,11H,4,9-10,12,18H2. The van der Waals surface area contributed by atoms with E-state index in [0.29, 0.717) is 26.2 Å². The highest BCUT2D eigenvalue weighted by Gasteiger charge is 2.01. The van der Waals surface area contributed by atoms with Crippen LogP contribution in [0.5, 0.6) is 11.5 Å². The third kappa shape index (κ3) is 4.24. The minimum absolute atomic E-state index is 0.276. The molecule has 3 nitrogen and oxygen atoms in total. The van der Waals surface area contributed by atoms with Crippen LogP contribution in [0.1, 0.15) is 12.0 Å². The van der Waals surface area contributed by atoms with Gasteiger partial charge in [0.25, 0.3) is 0 Å². The number of nitrogens with two attached hydrogens (primary N) is 1. The molecule has 2 aromatic carbocycles. The Balaban J connectivity index is 1.70. The summed E-state index contributed by atoms with van der Waals surface area (Å²) in [7, 11) is 0. The molecular weight excluding hydrogens is 257 g/mol. The van der Waals surface area contributed by atoms with Crippen LogP contribution in [-0.4, -0.2) is 13.2 Å². The summed E-state index contributed by atoms with van der Waals surface area (Å²) in [4.78, 5) is 0. The number of halogens is 1. The van der Waals surface area contributed by atoms with Gasteiger partial charge in [0.2, 0.25) is 0 Å². The molecule has 0 atom stereocenters. The molecule has 2 aromatic rings. The van der Waals surface area contributed by atoms with E-state index in [4.69, 9.17) is 15.2 Å². The van der Waals surface area contributed by atoms with Gasteiger partial charge >= 0.3 is 0 Å². The van der Waals surface area contributed by atoms with Crippen LogP contribution in [0.2, 0.25) is 0 Å². The Hall–Kier alpha value is -2.07. The summed E-state index contributed by atoms with van der Waals surface area (Å²) in [6, 6.07) is 14.0. The first-order chi connectivity index (χ1) is 9.79.